The highest BCUT2D eigenvalue weighted by Crippen LogP contribution is 2.38. The molecule has 0 aliphatic carbocycles. The summed E-state index contributed by atoms with van der Waals surface area (Å²) in [5.74, 6) is -2.43. The van der Waals surface area contributed by atoms with Gasteiger partial charge in [0.05, 0.1) is 18.7 Å². The Morgan fingerprint density at radius 2 is 1.56 bits per heavy atom. The second-order valence-corrected chi connectivity index (χ2v) is 11.0. The number of ketones is 1. The molecule has 0 atom stereocenters. The monoisotopic (exact) mass is 537 g/mol. The van der Waals surface area contributed by atoms with Gasteiger partial charge < -0.3 is 4.90 Å². The van der Waals surface area contributed by atoms with Crippen molar-refractivity contribution in [3.63, 3.8) is 0 Å². The normalized spacial score (nSPS) is 16.2. The minimum absolute atomic E-state index is 0.0349. The fourth-order valence-corrected chi connectivity index (χ4v) is 4.58. The van der Waals surface area contributed by atoms with Crippen molar-refractivity contribution in [2.45, 2.75) is 11.8 Å². The lowest BCUT2D eigenvalue weighted by Crippen LogP contribution is -2.59. The molecule has 5 nitrogen and oxygen atoms in total. The Kier molecular flexibility index (Phi) is 7.17. The molecule has 34 heavy (non-hydrogen) atoms. The van der Waals surface area contributed by atoms with Crippen LogP contribution in [0.15, 0.2) is 48.5 Å². The number of allylic oxidation sites excluding steroid dienone is 2. The van der Waals surface area contributed by atoms with Crippen molar-refractivity contribution in [1.82, 2.24) is 4.90 Å². The van der Waals surface area contributed by atoms with Gasteiger partial charge in [-0.3, -0.25) is 9.59 Å². The van der Waals surface area contributed by atoms with Gasteiger partial charge in [0, 0.05) is 21.9 Å². The lowest BCUT2D eigenvalue weighted by Gasteiger charge is -2.44. The number of hydrogen-bond donors (Lipinski definition) is 0. The molecule has 0 saturated carbocycles. The summed E-state index contributed by atoms with van der Waals surface area (Å²) in [6.45, 7) is -0.745. The number of hydrogen-bond acceptors (Lipinski definition) is 4. The van der Waals surface area contributed by atoms with E-state index in [1.54, 1.807) is 0 Å². The molecule has 0 spiro atoms. The maximum Gasteiger partial charge on any atom is 0.417 e. The maximum atomic E-state index is 15.1. The molecule has 0 unspecified atom stereocenters. The van der Waals surface area contributed by atoms with Crippen LogP contribution in [0.25, 0.3) is 5.57 Å². The zero-order chi connectivity index (χ0) is 25.5. The van der Waals surface area contributed by atoms with Crippen LogP contribution in [0.1, 0.15) is 21.5 Å². The van der Waals surface area contributed by atoms with Crippen LogP contribution < -0.4 is 0 Å². The van der Waals surface area contributed by atoms with Crippen LogP contribution in [0.5, 0.6) is 0 Å². The van der Waals surface area contributed by atoms with Crippen LogP contribution in [0.3, 0.4) is 0 Å². The third kappa shape index (κ3) is 6.17. The van der Waals surface area contributed by atoms with Gasteiger partial charge in [0.2, 0.25) is 5.91 Å². The minimum Gasteiger partial charge on any atom is -0.335 e. The van der Waals surface area contributed by atoms with Crippen molar-refractivity contribution in [3.8, 4) is 0 Å². The Morgan fingerprint density at radius 3 is 2.03 bits per heavy atom. The molecule has 0 aromatic heterocycles. The third-order valence-electron chi connectivity index (χ3n) is 5.06. The van der Waals surface area contributed by atoms with Gasteiger partial charge in [-0.05, 0) is 35.4 Å². The molecule has 1 saturated heterocycles. The van der Waals surface area contributed by atoms with Gasteiger partial charge in [0.15, 0.2) is 21.3 Å². The maximum absolute atomic E-state index is 15.1. The topological polar surface area (TPSA) is 71.5 Å². The van der Waals surface area contributed by atoms with Crippen molar-refractivity contribution in [2.24, 2.45) is 0 Å². The highest BCUT2D eigenvalue weighted by molar-refractivity contribution is 7.91. The van der Waals surface area contributed by atoms with Crippen LogP contribution in [0.2, 0.25) is 10.0 Å². The van der Waals surface area contributed by atoms with E-state index in [1.807, 2.05) is 0 Å². The van der Waals surface area contributed by atoms with Crippen molar-refractivity contribution >= 4 is 50.3 Å². The van der Waals surface area contributed by atoms with E-state index in [4.69, 9.17) is 23.2 Å². The van der Waals surface area contributed by atoms with Crippen LogP contribution in [-0.2, 0) is 20.3 Å². The quantitative estimate of drug-likeness (QED) is 0.299. The number of nitrogens with zero attached hydrogens (tertiary/aromatic N) is 1. The largest absolute Gasteiger partial charge is 0.417 e. The highest BCUT2D eigenvalue weighted by Gasteiger charge is 2.47. The van der Waals surface area contributed by atoms with Gasteiger partial charge in [0.1, 0.15) is 5.75 Å². The first-order valence-electron chi connectivity index (χ1n) is 9.62. The number of alkyl halides is 4. The molecular weight excluding hydrogens is 521 g/mol. The molecule has 182 valence electrons. The molecule has 1 heterocycles. The van der Waals surface area contributed by atoms with E-state index in [2.05, 4.69) is 0 Å². The Balaban J connectivity index is 1.79. The first-order chi connectivity index (χ1) is 15.6. The van der Waals surface area contributed by atoms with Gasteiger partial charge in [-0.15, -0.1) is 0 Å². The zero-order valence-electron chi connectivity index (χ0n) is 17.5. The first-order valence-corrected chi connectivity index (χ1v) is 12.4. The summed E-state index contributed by atoms with van der Waals surface area (Å²) in [5, 5.41) is -0.0699. The van der Waals surface area contributed by atoms with E-state index in [0.717, 1.165) is 23.3 Å². The fraction of sp³-hybridized carbons (Fsp3) is 0.273. The van der Waals surface area contributed by atoms with Crippen LogP contribution >= 0.6 is 23.2 Å². The molecular formula is C22H17Cl2F4NO4S. The Morgan fingerprint density at radius 1 is 1.03 bits per heavy atom. The summed E-state index contributed by atoms with van der Waals surface area (Å²) >= 11 is 11.6. The number of carbonyl (C=O) groups is 2. The third-order valence-corrected chi connectivity index (χ3v) is 6.27. The number of likely N-dealkylation sites (tertiary alicyclic amines) is 1. The van der Waals surface area contributed by atoms with Gasteiger partial charge in [-0.1, -0.05) is 47.5 Å². The molecule has 2 aromatic rings. The second kappa shape index (κ2) is 9.31. The summed E-state index contributed by atoms with van der Waals surface area (Å²) in [5.41, 5.74) is -3.60. The van der Waals surface area contributed by atoms with Crippen LogP contribution in [0, 0.1) is 0 Å². The molecule has 0 radical (unpaired) electrons. The molecule has 12 heteroatoms. The number of halogens is 6. The smallest absolute Gasteiger partial charge is 0.335 e. The van der Waals surface area contributed by atoms with E-state index in [0.29, 0.717) is 6.08 Å². The van der Waals surface area contributed by atoms with Gasteiger partial charge >= 0.3 is 6.18 Å². The van der Waals surface area contributed by atoms with Crippen LogP contribution in [-0.4, -0.2) is 56.3 Å². The fourth-order valence-electron chi connectivity index (χ4n) is 3.42. The molecule has 3 rings (SSSR count). The number of carbonyl (C=O) groups excluding carboxylic acids is 2. The SMILES string of the molecule is CS(=O)(=O)CC(=O)N1CC(F)(c2ccc(C(=O)/C=C(/c3cc(Cl)cc(Cl)c3)C(F)(F)F)cc2)C1. The molecule has 2 aromatic carbocycles. The number of benzene rings is 2. The summed E-state index contributed by atoms with van der Waals surface area (Å²) in [6, 6.07) is 8.15. The lowest BCUT2D eigenvalue weighted by atomic mass is 9.87. The van der Waals surface area contributed by atoms with Crippen molar-refractivity contribution < 1.29 is 35.6 Å². The standard InChI is InChI=1S/C22H17Cl2F4NO4S/c1-34(32,33)10-20(31)29-11-21(25,12-29)15-4-2-13(3-5-15)19(30)9-18(22(26,27)28)14-6-16(23)8-17(24)7-14/h2-9H,10-12H2,1H3/b18-9-. The van der Waals surface area contributed by atoms with E-state index >= 15 is 4.39 Å². The van der Waals surface area contributed by atoms with E-state index in [-0.39, 0.29) is 39.8 Å². The predicted molar refractivity (Wildman–Crippen MR) is 120 cm³/mol. The molecule has 0 N–H and O–H groups in total. The average molecular weight is 538 g/mol. The number of sulfone groups is 1. The lowest BCUT2D eigenvalue weighted by molar-refractivity contribution is -0.143. The zero-order valence-corrected chi connectivity index (χ0v) is 19.8. The molecule has 0 bridgehead atoms. The number of amides is 1. The van der Waals surface area contributed by atoms with E-state index in [1.165, 1.54) is 30.3 Å². The number of rotatable bonds is 6. The van der Waals surface area contributed by atoms with Crippen molar-refractivity contribution in [3.05, 3.63) is 75.3 Å². The Labute approximate surface area is 202 Å². The van der Waals surface area contributed by atoms with Gasteiger partial charge in [-0.2, -0.15) is 13.2 Å². The minimum atomic E-state index is -4.87. The summed E-state index contributed by atoms with van der Waals surface area (Å²) in [7, 11) is -3.56. The Hall–Kier alpha value is -2.43. The van der Waals surface area contributed by atoms with Crippen molar-refractivity contribution in [2.75, 3.05) is 25.1 Å². The first kappa shape index (κ1) is 26.2. The predicted octanol–water partition coefficient (Wildman–Crippen LogP) is 4.87. The summed E-state index contributed by atoms with van der Waals surface area (Å²) in [4.78, 5) is 25.4. The van der Waals surface area contributed by atoms with E-state index in [9.17, 15) is 31.2 Å². The molecule has 1 aliphatic heterocycles. The summed E-state index contributed by atoms with van der Waals surface area (Å²) in [6.07, 6.45) is -3.57. The summed E-state index contributed by atoms with van der Waals surface area (Å²) < 4.78 is 78.3. The molecule has 1 fully saturated rings. The van der Waals surface area contributed by atoms with E-state index < -0.39 is 44.7 Å². The highest BCUT2D eigenvalue weighted by atomic mass is 35.5. The molecule has 1 aliphatic rings. The second-order valence-electron chi connectivity index (χ2n) is 7.94. The van der Waals surface area contributed by atoms with Gasteiger partial charge in [-0.25, -0.2) is 12.8 Å². The average Bonchev–Trinajstić information content (AvgIpc) is 2.66. The Bertz CT molecular complexity index is 1250. The van der Waals surface area contributed by atoms with Gasteiger partial charge in [0.25, 0.3) is 0 Å². The molecule has 1 amide bonds. The van der Waals surface area contributed by atoms with Crippen molar-refractivity contribution in [1.29, 1.82) is 0 Å². The van der Waals surface area contributed by atoms with Crippen LogP contribution in [0.4, 0.5) is 17.6 Å².